The first kappa shape index (κ1) is 24.9. The summed E-state index contributed by atoms with van der Waals surface area (Å²) in [4.78, 5) is 22.4. The van der Waals surface area contributed by atoms with Crippen LogP contribution in [0, 0.1) is 0 Å². The number of nitrogens with two attached hydrogens (primary N) is 1. The molecule has 2 N–H and O–H groups in total. The van der Waals surface area contributed by atoms with Crippen LogP contribution in [0.2, 0.25) is 0 Å². The molecule has 3 aromatic heterocycles. The number of carbonyl (C=O) groups excluding carboxylic acids is 1. The quantitative estimate of drug-likeness (QED) is 0.443. The van der Waals surface area contributed by atoms with Crippen LogP contribution >= 0.6 is 0 Å². The fourth-order valence-corrected chi connectivity index (χ4v) is 4.73. The summed E-state index contributed by atoms with van der Waals surface area (Å²) in [6.45, 7) is 4.69. The second kappa shape index (κ2) is 9.27. The molecule has 4 aromatic rings. The van der Waals surface area contributed by atoms with Gasteiger partial charge >= 0.3 is 6.18 Å². The third-order valence-corrected chi connectivity index (χ3v) is 6.39. The van der Waals surface area contributed by atoms with Gasteiger partial charge in [-0.2, -0.15) is 18.3 Å². The summed E-state index contributed by atoms with van der Waals surface area (Å²) < 4.78 is 46.6. The predicted molar refractivity (Wildman–Crippen MR) is 131 cm³/mol. The van der Waals surface area contributed by atoms with Gasteiger partial charge in [0.1, 0.15) is 5.82 Å². The lowest BCUT2D eigenvalue weighted by Crippen LogP contribution is -2.55. The molecule has 37 heavy (non-hydrogen) atoms. The average Bonchev–Trinajstić information content (AvgIpc) is 3.23. The number of aromatic nitrogens is 4. The van der Waals surface area contributed by atoms with E-state index < -0.39 is 11.7 Å². The fourth-order valence-electron chi connectivity index (χ4n) is 4.73. The number of nitrogen functional groups attached to an aromatic ring is 1. The van der Waals surface area contributed by atoms with Gasteiger partial charge in [0.25, 0.3) is 5.91 Å². The maximum atomic E-state index is 13.9. The Morgan fingerprint density at radius 1 is 1.14 bits per heavy atom. The standard InChI is InChI=1S/C25H26F3N7O2/c1-14-11-34(12-15(2)37-14)35(13-18-6-5-17(9-30-18)25(26,27)28)24(36)16-4-7-21-19(8-16)22-20(23(29)32-21)10-31-33(22)3/h4-10,14-15H,11-13H2,1-3H3,(H2,29,32)/t14-,15?/m0/s1. The molecule has 0 bridgehead atoms. The number of rotatable bonds is 4. The van der Waals surface area contributed by atoms with Gasteiger partial charge < -0.3 is 10.5 Å². The lowest BCUT2D eigenvalue weighted by molar-refractivity contribution is -0.138. The lowest BCUT2D eigenvalue weighted by Gasteiger charge is -2.42. The average molecular weight is 514 g/mol. The summed E-state index contributed by atoms with van der Waals surface area (Å²) in [6, 6.07) is 7.41. The van der Waals surface area contributed by atoms with Gasteiger partial charge in [-0.15, -0.1) is 0 Å². The van der Waals surface area contributed by atoms with Crippen molar-refractivity contribution in [2.24, 2.45) is 7.05 Å². The smallest absolute Gasteiger partial charge is 0.383 e. The monoisotopic (exact) mass is 513 g/mol. The maximum absolute atomic E-state index is 13.9. The molecule has 1 amide bonds. The van der Waals surface area contributed by atoms with Gasteiger partial charge in [0.2, 0.25) is 0 Å². The number of hydrogen-bond acceptors (Lipinski definition) is 7. The number of morpholine rings is 1. The zero-order chi connectivity index (χ0) is 26.5. The number of fused-ring (bicyclic) bond motifs is 3. The third-order valence-electron chi connectivity index (χ3n) is 6.39. The van der Waals surface area contributed by atoms with Gasteiger partial charge in [-0.25, -0.2) is 9.99 Å². The number of hydrazine groups is 1. The minimum atomic E-state index is -4.49. The van der Waals surface area contributed by atoms with Gasteiger partial charge in [-0.05, 0) is 44.2 Å². The molecule has 5 rings (SSSR count). The Kier molecular flexibility index (Phi) is 6.24. The Labute approximate surface area is 210 Å². The van der Waals surface area contributed by atoms with Crippen LogP contribution in [0.5, 0.6) is 0 Å². The largest absolute Gasteiger partial charge is 0.417 e. The van der Waals surface area contributed by atoms with E-state index in [0.29, 0.717) is 46.5 Å². The maximum Gasteiger partial charge on any atom is 0.417 e. The van der Waals surface area contributed by atoms with E-state index >= 15 is 0 Å². The van der Waals surface area contributed by atoms with Crippen LogP contribution in [0.3, 0.4) is 0 Å². The molecule has 12 heteroatoms. The Bertz CT molecular complexity index is 1460. The molecule has 1 aliphatic heterocycles. The molecular weight excluding hydrogens is 487 g/mol. The van der Waals surface area contributed by atoms with Gasteiger partial charge in [0.15, 0.2) is 0 Å². The van der Waals surface area contributed by atoms with E-state index in [-0.39, 0.29) is 24.7 Å². The lowest BCUT2D eigenvalue weighted by atomic mass is 10.1. The van der Waals surface area contributed by atoms with Crippen molar-refractivity contribution in [1.82, 2.24) is 29.8 Å². The highest BCUT2D eigenvalue weighted by Gasteiger charge is 2.33. The second-order valence-corrected chi connectivity index (χ2v) is 9.29. The summed E-state index contributed by atoms with van der Waals surface area (Å²) in [7, 11) is 1.79. The first-order chi connectivity index (χ1) is 17.5. The van der Waals surface area contributed by atoms with E-state index in [4.69, 9.17) is 10.5 Å². The van der Waals surface area contributed by atoms with E-state index in [1.807, 2.05) is 18.9 Å². The number of anilines is 1. The Hall–Kier alpha value is -3.77. The first-order valence-corrected chi connectivity index (χ1v) is 11.8. The van der Waals surface area contributed by atoms with Crippen molar-refractivity contribution >= 4 is 33.5 Å². The minimum Gasteiger partial charge on any atom is -0.383 e. The summed E-state index contributed by atoms with van der Waals surface area (Å²) in [5.74, 6) is 0.0259. The summed E-state index contributed by atoms with van der Waals surface area (Å²) in [5.41, 5.74) is 7.34. The molecule has 1 fully saturated rings. The third kappa shape index (κ3) is 4.81. The molecule has 1 saturated heterocycles. The minimum absolute atomic E-state index is 0.00441. The normalized spacial score (nSPS) is 19.0. The van der Waals surface area contributed by atoms with Crippen LogP contribution in [0.4, 0.5) is 19.0 Å². The van der Waals surface area contributed by atoms with E-state index in [2.05, 4.69) is 15.1 Å². The summed E-state index contributed by atoms with van der Waals surface area (Å²) in [5, 5.41) is 9.07. The van der Waals surface area contributed by atoms with E-state index in [1.165, 1.54) is 11.1 Å². The number of ether oxygens (including phenoxy) is 1. The molecular formula is C25H26F3N7O2. The number of halogens is 3. The molecule has 2 atom stereocenters. The number of alkyl halides is 3. The second-order valence-electron chi connectivity index (χ2n) is 9.29. The molecule has 1 aliphatic rings. The van der Waals surface area contributed by atoms with Gasteiger partial charge in [-0.3, -0.25) is 19.5 Å². The zero-order valence-corrected chi connectivity index (χ0v) is 20.5. The molecule has 1 unspecified atom stereocenters. The molecule has 0 aliphatic carbocycles. The molecule has 4 heterocycles. The van der Waals surface area contributed by atoms with Crippen molar-refractivity contribution in [2.45, 2.75) is 38.8 Å². The van der Waals surface area contributed by atoms with E-state index in [1.54, 1.807) is 36.1 Å². The highest BCUT2D eigenvalue weighted by molar-refractivity contribution is 6.10. The number of nitrogens with zero attached hydrogens (tertiary/aromatic N) is 6. The number of pyridine rings is 2. The van der Waals surface area contributed by atoms with Crippen molar-refractivity contribution in [3.63, 3.8) is 0 Å². The number of benzene rings is 1. The Morgan fingerprint density at radius 2 is 1.86 bits per heavy atom. The Balaban J connectivity index is 1.54. The highest BCUT2D eigenvalue weighted by Crippen LogP contribution is 2.30. The van der Waals surface area contributed by atoms with Gasteiger partial charge in [0, 0.05) is 37.3 Å². The molecule has 0 radical (unpaired) electrons. The number of aryl methyl sites for hydroxylation is 1. The number of carbonyl (C=O) groups is 1. The topological polar surface area (TPSA) is 102 Å². The zero-order valence-electron chi connectivity index (χ0n) is 20.5. The van der Waals surface area contributed by atoms with Crippen LogP contribution in [0.25, 0.3) is 21.8 Å². The van der Waals surface area contributed by atoms with Crippen molar-refractivity contribution < 1.29 is 22.7 Å². The van der Waals surface area contributed by atoms with E-state index in [9.17, 15) is 18.0 Å². The van der Waals surface area contributed by atoms with Crippen LogP contribution in [0.15, 0.2) is 42.7 Å². The molecule has 1 aromatic carbocycles. The van der Waals surface area contributed by atoms with Gasteiger partial charge in [-0.1, -0.05) is 0 Å². The highest BCUT2D eigenvalue weighted by atomic mass is 19.4. The van der Waals surface area contributed by atoms with Crippen molar-refractivity contribution in [3.05, 3.63) is 59.5 Å². The van der Waals surface area contributed by atoms with Crippen LogP contribution < -0.4 is 5.73 Å². The van der Waals surface area contributed by atoms with Crippen molar-refractivity contribution in [2.75, 3.05) is 18.8 Å². The number of hydrogen-bond donors (Lipinski definition) is 1. The number of amides is 1. The SMILES string of the molecule is CC1CN(N(Cc2ccc(C(F)(F)F)cn2)C(=O)c2ccc3nc(N)c4cnn(C)c4c3c2)C[C@H](C)O1. The molecule has 194 valence electrons. The molecule has 0 saturated carbocycles. The van der Waals surface area contributed by atoms with Crippen molar-refractivity contribution in [3.8, 4) is 0 Å². The van der Waals surface area contributed by atoms with Crippen LogP contribution in [-0.2, 0) is 24.5 Å². The Morgan fingerprint density at radius 3 is 2.51 bits per heavy atom. The first-order valence-electron chi connectivity index (χ1n) is 11.8. The predicted octanol–water partition coefficient (Wildman–Crippen LogP) is 3.78. The van der Waals surface area contributed by atoms with Gasteiger partial charge in [0.05, 0.1) is 52.6 Å². The van der Waals surface area contributed by atoms with E-state index in [0.717, 1.165) is 17.8 Å². The van der Waals surface area contributed by atoms with Crippen molar-refractivity contribution in [1.29, 1.82) is 0 Å². The fraction of sp³-hybridized carbons (Fsp3) is 0.360. The summed E-state index contributed by atoms with van der Waals surface area (Å²) >= 11 is 0. The van der Waals surface area contributed by atoms with Crippen LogP contribution in [-0.4, -0.2) is 61.0 Å². The summed E-state index contributed by atoms with van der Waals surface area (Å²) in [6.07, 6.45) is -2.36. The van der Waals surface area contributed by atoms with Crippen LogP contribution in [0.1, 0.15) is 35.5 Å². The molecule has 0 spiro atoms. The molecule has 9 nitrogen and oxygen atoms in total.